The van der Waals surface area contributed by atoms with Gasteiger partial charge in [0, 0.05) is 12.8 Å². The lowest BCUT2D eigenvalue weighted by atomic mass is 9.85. The summed E-state index contributed by atoms with van der Waals surface area (Å²) >= 11 is 1.71. The lowest BCUT2D eigenvalue weighted by molar-refractivity contribution is -0.185. The number of hydrogen-bond donors (Lipinski definition) is 0. The van der Waals surface area contributed by atoms with Gasteiger partial charge < -0.3 is 13.9 Å². The van der Waals surface area contributed by atoms with E-state index in [1.165, 1.54) is 17.3 Å². The molecule has 0 radical (unpaired) electrons. The third kappa shape index (κ3) is 5.40. The summed E-state index contributed by atoms with van der Waals surface area (Å²) in [5.74, 6) is 0.169. The number of esters is 1. The van der Waals surface area contributed by atoms with Crippen molar-refractivity contribution in [1.82, 2.24) is 0 Å². The van der Waals surface area contributed by atoms with Crippen molar-refractivity contribution in [2.75, 3.05) is 12.9 Å². The van der Waals surface area contributed by atoms with E-state index in [2.05, 4.69) is 89.4 Å². The Morgan fingerprint density at radius 1 is 0.970 bits per heavy atom. The molecule has 4 nitrogen and oxygen atoms in total. The molecule has 3 rings (SSSR count). The molecule has 2 aromatic carbocycles. The van der Waals surface area contributed by atoms with Gasteiger partial charge in [-0.05, 0) is 27.6 Å². The van der Waals surface area contributed by atoms with Crippen LogP contribution < -0.4 is 10.4 Å². The van der Waals surface area contributed by atoms with Gasteiger partial charge in [0.1, 0.15) is 17.6 Å². The van der Waals surface area contributed by atoms with Gasteiger partial charge in [-0.25, -0.2) is 0 Å². The van der Waals surface area contributed by atoms with Crippen LogP contribution in [-0.2, 0) is 18.7 Å². The van der Waals surface area contributed by atoms with Gasteiger partial charge in [0.15, 0.2) is 0 Å². The average Bonchev–Trinajstić information content (AvgIpc) is 2.79. The normalized spacial score (nSPS) is 26.1. The number of ether oxygens (including phenoxy) is 2. The molecule has 1 aliphatic rings. The fourth-order valence-electron chi connectivity index (χ4n) is 5.01. The monoisotopic (exact) mass is 486 g/mol. The van der Waals surface area contributed by atoms with Crippen LogP contribution in [0.1, 0.15) is 41.5 Å². The van der Waals surface area contributed by atoms with Crippen molar-refractivity contribution in [2.45, 2.75) is 64.2 Å². The Hall–Kier alpha value is -1.60. The predicted molar refractivity (Wildman–Crippen MR) is 140 cm³/mol. The molecular formula is C27H38O4SSi. The third-order valence-corrected chi connectivity index (χ3v) is 12.9. The number of hydrogen-bond acceptors (Lipinski definition) is 5. The van der Waals surface area contributed by atoms with Gasteiger partial charge in [0.05, 0.1) is 6.61 Å². The minimum Gasteiger partial charge on any atom is -0.459 e. The van der Waals surface area contributed by atoms with Gasteiger partial charge in [0.25, 0.3) is 8.32 Å². The van der Waals surface area contributed by atoms with Crippen LogP contribution in [0.25, 0.3) is 0 Å². The largest absolute Gasteiger partial charge is 0.459 e. The van der Waals surface area contributed by atoms with Gasteiger partial charge in [-0.1, -0.05) is 95.3 Å². The van der Waals surface area contributed by atoms with Crippen molar-refractivity contribution in [3.63, 3.8) is 0 Å². The van der Waals surface area contributed by atoms with Crippen LogP contribution in [0.5, 0.6) is 0 Å². The molecule has 0 N–H and O–H groups in total. The Morgan fingerprint density at radius 2 is 1.48 bits per heavy atom. The lowest BCUT2D eigenvalue weighted by Gasteiger charge is -2.47. The maximum atomic E-state index is 11.9. The molecule has 180 valence electrons. The van der Waals surface area contributed by atoms with Crippen LogP contribution in [0.15, 0.2) is 60.7 Å². The lowest BCUT2D eigenvalue weighted by Crippen LogP contribution is -2.67. The fourth-order valence-corrected chi connectivity index (χ4v) is 10.5. The molecule has 1 heterocycles. The van der Waals surface area contributed by atoms with Crippen molar-refractivity contribution >= 4 is 36.4 Å². The van der Waals surface area contributed by atoms with Crippen molar-refractivity contribution < 1.29 is 18.7 Å². The van der Waals surface area contributed by atoms with Crippen LogP contribution in [-0.4, -0.2) is 44.8 Å². The smallest absolute Gasteiger partial charge is 0.303 e. The summed E-state index contributed by atoms with van der Waals surface area (Å²) in [4.78, 5) is 11.9. The van der Waals surface area contributed by atoms with Crippen LogP contribution in [0, 0.1) is 11.8 Å². The molecule has 0 spiro atoms. The van der Waals surface area contributed by atoms with E-state index in [4.69, 9.17) is 13.9 Å². The van der Waals surface area contributed by atoms with Crippen LogP contribution in [0.2, 0.25) is 5.04 Å². The van der Waals surface area contributed by atoms with E-state index < -0.39 is 8.32 Å². The number of thioether (sulfide) groups is 1. The van der Waals surface area contributed by atoms with Crippen molar-refractivity contribution in [3.8, 4) is 0 Å². The van der Waals surface area contributed by atoms with E-state index in [1.807, 2.05) is 12.1 Å². The SMILES string of the molecule is CSC1OC(CO[Si](c2ccccc2)(c2ccccc2)C(C)(C)C)C(OC(C)=O)C(C)C1C. The minimum absolute atomic E-state index is 0.0413. The standard InChI is InChI=1S/C27H38O4SSi/c1-19-20(2)26(32-7)31-24(25(19)30-21(3)28)18-29-33(27(4,5)6,22-14-10-8-11-15-22)23-16-12-9-13-17-23/h8-17,19-20,24-26H,18H2,1-7H3. The first-order chi connectivity index (χ1) is 15.6. The molecule has 1 aliphatic heterocycles. The third-order valence-electron chi connectivity index (χ3n) is 6.87. The second kappa shape index (κ2) is 10.8. The first-order valence-electron chi connectivity index (χ1n) is 11.7. The van der Waals surface area contributed by atoms with Gasteiger partial charge in [-0.2, -0.15) is 0 Å². The fraction of sp³-hybridized carbons (Fsp3) is 0.519. The zero-order valence-corrected chi connectivity index (χ0v) is 22.7. The molecule has 0 amide bonds. The topological polar surface area (TPSA) is 44.8 Å². The van der Waals surface area contributed by atoms with Crippen molar-refractivity contribution in [2.24, 2.45) is 11.8 Å². The summed E-state index contributed by atoms with van der Waals surface area (Å²) < 4.78 is 19.4. The zero-order valence-electron chi connectivity index (χ0n) is 20.9. The predicted octanol–water partition coefficient (Wildman–Crippen LogP) is 4.85. The van der Waals surface area contributed by atoms with Gasteiger partial charge in [0.2, 0.25) is 0 Å². The second-order valence-corrected chi connectivity index (χ2v) is 15.3. The van der Waals surface area contributed by atoms with Crippen molar-refractivity contribution in [3.05, 3.63) is 60.7 Å². The highest BCUT2D eigenvalue weighted by Crippen LogP contribution is 2.40. The number of carbonyl (C=O) groups excluding carboxylic acids is 1. The highest BCUT2D eigenvalue weighted by atomic mass is 32.2. The average molecular weight is 487 g/mol. The summed E-state index contributed by atoms with van der Waals surface area (Å²) in [6.45, 7) is 13.0. The van der Waals surface area contributed by atoms with E-state index in [0.29, 0.717) is 6.61 Å². The Morgan fingerprint density at radius 3 is 1.91 bits per heavy atom. The van der Waals surface area contributed by atoms with E-state index >= 15 is 0 Å². The number of rotatable bonds is 7. The Balaban J connectivity index is 2.03. The first kappa shape index (κ1) is 26.0. The molecule has 5 atom stereocenters. The molecule has 0 bridgehead atoms. The maximum Gasteiger partial charge on any atom is 0.303 e. The van der Waals surface area contributed by atoms with Crippen molar-refractivity contribution in [1.29, 1.82) is 0 Å². The van der Waals surface area contributed by atoms with E-state index in [0.717, 1.165) is 0 Å². The summed E-state index contributed by atoms with van der Waals surface area (Å²) in [6, 6.07) is 21.2. The second-order valence-electron chi connectivity index (χ2n) is 10.0. The van der Waals surface area contributed by atoms with Gasteiger partial charge in [-0.3, -0.25) is 4.79 Å². The van der Waals surface area contributed by atoms with E-state index in [9.17, 15) is 4.79 Å². The molecule has 0 saturated carbocycles. The van der Waals surface area contributed by atoms with Gasteiger partial charge in [-0.15, -0.1) is 11.8 Å². The van der Waals surface area contributed by atoms with E-state index in [1.54, 1.807) is 11.8 Å². The molecule has 0 aliphatic carbocycles. The molecule has 5 unspecified atom stereocenters. The molecule has 33 heavy (non-hydrogen) atoms. The Bertz CT molecular complexity index is 860. The molecule has 1 saturated heterocycles. The summed E-state index contributed by atoms with van der Waals surface area (Å²) in [6.07, 6.45) is 1.42. The minimum atomic E-state index is -2.70. The van der Waals surface area contributed by atoms with E-state index in [-0.39, 0.29) is 40.5 Å². The zero-order chi connectivity index (χ0) is 24.2. The first-order valence-corrected chi connectivity index (χ1v) is 14.9. The Kier molecular flexibility index (Phi) is 8.48. The number of carbonyl (C=O) groups is 1. The highest BCUT2D eigenvalue weighted by Gasteiger charge is 2.52. The molecule has 6 heteroatoms. The quantitative estimate of drug-likeness (QED) is 0.413. The molecular weight excluding hydrogens is 448 g/mol. The summed E-state index contributed by atoms with van der Waals surface area (Å²) in [7, 11) is -2.70. The molecule has 0 aromatic heterocycles. The summed E-state index contributed by atoms with van der Waals surface area (Å²) in [5.41, 5.74) is 0.0413. The Labute approximate surface area is 204 Å². The van der Waals surface area contributed by atoms with Crippen LogP contribution in [0.4, 0.5) is 0 Å². The van der Waals surface area contributed by atoms with Crippen LogP contribution >= 0.6 is 11.8 Å². The highest BCUT2D eigenvalue weighted by molar-refractivity contribution is 7.99. The number of benzene rings is 2. The summed E-state index contributed by atoms with van der Waals surface area (Å²) in [5, 5.41) is 2.33. The van der Waals surface area contributed by atoms with Crippen LogP contribution in [0.3, 0.4) is 0 Å². The molecule has 2 aromatic rings. The van der Waals surface area contributed by atoms with Gasteiger partial charge >= 0.3 is 5.97 Å². The molecule has 1 fully saturated rings. The maximum absolute atomic E-state index is 11.9.